The van der Waals surface area contributed by atoms with Gasteiger partial charge in [-0.25, -0.2) is 8.42 Å². The monoisotopic (exact) mass is 578 g/mol. The number of nitrogens with one attached hydrogen (secondary N) is 1. The number of hydrogen-bond donors (Lipinski definition) is 1. The molecule has 0 aliphatic rings. The van der Waals surface area contributed by atoms with Crippen LogP contribution in [0, 0.1) is 22.0 Å². The number of nitriles is 1. The summed E-state index contributed by atoms with van der Waals surface area (Å²) in [4.78, 5) is 13.2. The Bertz CT molecular complexity index is 1370. The van der Waals surface area contributed by atoms with Crippen molar-refractivity contribution in [3.8, 4) is 23.4 Å². The fourth-order valence-electron chi connectivity index (χ4n) is 2.98. The van der Waals surface area contributed by atoms with Crippen molar-refractivity contribution in [1.29, 1.82) is 5.26 Å². The van der Waals surface area contributed by atoms with Gasteiger partial charge in [0.05, 0.1) is 24.5 Å². The van der Waals surface area contributed by atoms with E-state index in [1.165, 1.54) is 13.2 Å². The number of ether oxygens (including phenoxy) is 2. The standard InChI is InChI=1S/C22H19IN4O5S/c1-13-19(21(28)25-16-6-4-5-15(9-16)12-33(3,29)30)22(27-26-20(13)23)32-17-8-7-14(11-24)10-18(17)31-2/h4-10H,12H2,1-3H3,(H,25,28). The van der Waals surface area contributed by atoms with E-state index in [4.69, 9.17) is 14.7 Å². The molecule has 1 aromatic heterocycles. The van der Waals surface area contributed by atoms with Crippen LogP contribution < -0.4 is 14.8 Å². The molecule has 0 saturated carbocycles. The third kappa shape index (κ3) is 6.17. The number of nitrogens with zero attached hydrogens (tertiary/aromatic N) is 3. The first-order valence-electron chi connectivity index (χ1n) is 9.48. The molecular formula is C22H19IN4O5S. The summed E-state index contributed by atoms with van der Waals surface area (Å²) in [5.41, 5.74) is 2.07. The van der Waals surface area contributed by atoms with E-state index in [0.717, 1.165) is 6.26 Å². The first-order valence-corrected chi connectivity index (χ1v) is 12.6. The van der Waals surface area contributed by atoms with Crippen molar-refractivity contribution in [1.82, 2.24) is 10.2 Å². The van der Waals surface area contributed by atoms with Gasteiger partial charge in [0.2, 0.25) is 0 Å². The summed E-state index contributed by atoms with van der Waals surface area (Å²) in [5, 5.41) is 19.9. The molecule has 1 heterocycles. The van der Waals surface area contributed by atoms with E-state index in [1.807, 2.05) is 28.7 Å². The second-order valence-corrected chi connectivity index (χ2v) is 10.3. The molecule has 33 heavy (non-hydrogen) atoms. The van der Waals surface area contributed by atoms with Crippen molar-refractivity contribution in [2.24, 2.45) is 0 Å². The quantitative estimate of drug-likeness (QED) is 0.419. The third-order valence-corrected chi connectivity index (χ3v) is 6.35. The maximum atomic E-state index is 13.2. The van der Waals surface area contributed by atoms with Gasteiger partial charge < -0.3 is 14.8 Å². The number of aromatic nitrogens is 2. The van der Waals surface area contributed by atoms with E-state index < -0.39 is 15.7 Å². The maximum absolute atomic E-state index is 13.2. The van der Waals surface area contributed by atoms with Crippen molar-refractivity contribution >= 4 is 44.0 Å². The predicted molar refractivity (Wildman–Crippen MR) is 130 cm³/mol. The Labute approximate surface area is 204 Å². The van der Waals surface area contributed by atoms with Crippen LogP contribution in [0.1, 0.15) is 27.0 Å². The lowest BCUT2D eigenvalue weighted by atomic mass is 10.1. The molecule has 0 aliphatic carbocycles. The van der Waals surface area contributed by atoms with Crippen LogP contribution in [0.4, 0.5) is 5.69 Å². The van der Waals surface area contributed by atoms with E-state index >= 15 is 0 Å². The topological polar surface area (TPSA) is 131 Å². The number of carbonyl (C=O) groups excluding carboxylic acids is 1. The first kappa shape index (κ1) is 24.4. The van der Waals surface area contributed by atoms with Gasteiger partial charge in [0.25, 0.3) is 11.8 Å². The molecule has 0 aliphatic heterocycles. The molecule has 1 N–H and O–H groups in total. The predicted octanol–water partition coefficient (Wildman–Crippen LogP) is 3.86. The summed E-state index contributed by atoms with van der Waals surface area (Å²) < 4.78 is 34.9. The van der Waals surface area contributed by atoms with E-state index in [0.29, 0.717) is 31.8 Å². The molecule has 9 nitrogen and oxygen atoms in total. The Morgan fingerprint density at radius 1 is 1.18 bits per heavy atom. The Kier molecular flexibility index (Phi) is 7.50. The molecule has 0 fully saturated rings. The molecule has 0 atom stereocenters. The van der Waals surface area contributed by atoms with Crippen LogP contribution in [0.5, 0.6) is 17.4 Å². The minimum atomic E-state index is -3.22. The highest BCUT2D eigenvalue weighted by Crippen LogP contribution is 2.34. The molecule has 0 spiro atoms. The van der Waals surface area contributed by atoms with E-state index in [9.17, 15) is 13.2 Å². The number of halogens is 1. The average molecular weight is 578 g/mol. The number of amides is 1. The molecular weight excluding hydrogens is 559 g/mol. The Balaban J connectivity index is 1.96. The lowest BCUT2D eigenvalue weighted by Gasteiger charge is -2.15. The van der Waals surface area contributed by atoms with Gasteiger partial charge >= 0.3 is 0 Å². The fourth-order valence-corrected chi connectivity index (χ4v) is 4.14. The second kappa shape index (κ2) is 10.1. The van der Waals surface area contributed by atoms with E-state index in [-0.39, 0.29) is 22.9 Å². The number of methoxy groups -OCH3 is 1. The van der Waals surface area contributed by atoms with Crippen LogP contribution >= 0.6 is 22.6 Å². The number of anilines is 1. The van der Waals surface area contributed by atoms with Gasteiger partial charge in [0.15, 0.2) is 21.3 Å². The van der Waals surface area contributed by atoms with Gasteiger partial charge in [-0.05, 0) is 59.3 Å². The number of hydrogen-bond acceptors (Lipinski definition) is 8. The van der Waals surface area contributed by atoms with Crippen LogP contribution in [0.2, 0.25) is 0 Å². The van der Waals surface area contributed by atoms with Crippen LogP contribution in [0.15, 0.2) is 42.5 Å². The van der Waals surface area contributed by atoms with Crippen molar-refractivity contribution in [2.45, 2.75) is 12.7 Å². The highest BCUT2D eigenvalue weighted by molar-refractivity contribution is 14.1. The van der Waals surface area contributed by atoms with Gasteiger partial charge in [0, 0.05) is 23.6 Å². The molecule has 0 radical (unpaired) electrons. The molecule has 1 amide bonds. The minimum Gasteiger partial charge on any atom is -0.493 e. The summed E-state index contributed by atoms with van der Waals surface area (Å²) in [7, 11) is -1.79. The molecule has 0 unspecified atom stereocenters. The lowest BCUT2D eigenvalue weighted by molar-refractivity contribution is 0.102. The molecule has 3 aromatic rings. The summed E-state index contributed by atoms with van der Waals surface area (Å²) in [6, 6.07) is 13.2. The zero-order valence-corrected chi connectivity index (χ0v) is 20.9. The van der Waals surface area contributed by atoms with Crippen LogP contribution in [0.25, 0.3) is 0 Å². The van der Waals surface area contributed by atoms with Crippen LogP contribution in [0.3, 0.4) is 0 Å². The molecule has 0 bridgehead atoms. The average Bonchev–Trinajstić information content (AvgIpc) is 2.75. The van der Waals surface area contributed by atoms with Gasteiger partial charge in [-0.1, -0.05) is 12.1 Å². The number of rotatable bonds is 7. The van der Waals surface area contributed by atoms with E-state index in [1.54, 1.807) is 43.3 Å². The highest BCUT2D eigenvalue weighted by atomic mass is 127. The molecule has 0 saturated heterocycles. The van der Waals surface area contributed by atoms with Crippen molar-refractivity contribution in [3.63, 3.8) is 0 Å². The van der Waals surface area contributed by atoms with Crippen molar-refractivity contribution < 1.29 is 22.7 Å². The maximum Gasteiger partial charge on any atom is 0.261 e. The SMILES string of the molecule is COc1cc(C#N)ccc1Oc1nnc(I)c(C)c1C(=O)Nc1cccc(CS(C)(=O)=O)c1. The zero-order valence-electron chi connectivity index (χ0n) is 17.9. The summed E-state index contributed by atoms with van der Waals surface area (Å²) in [6.07, 6.45) is 1.15. The van der Waals surface area contributed by atoms with Crippen molar-refractivity contribution in [3.05, 3.63) is 68.4 Å². The van der Waals surface area contributed by atoms with Crippen LogP contribution in [-0.2, 0) is 15.6 Å². The minimum absolute atomic E-state index is 0.0410. The Morgan fingerprint density at radius 2 is 1.94 bits per heavy atom. The molecule has 2 aromatic carbocycles. The number of benzene rings is 2. The smallest absolute Gasteiger partial charge is 0.261 e. The number of carbonyl (C=O) groups is 1. The molecule has 170 valence electrons. The second-order valence-electron chi connectivity index (χ2n) is 7.10. The molecule has 11 heteroatoms. The highest BCUT2D eigenvalue weighted by Gasteiger charge is 2.22. The number of sulfone groups is 1. The van der Waals surface area contributed by atoms with Crippen molar-refractivity contribution in [2.75, 3.05) is 18.7 Å². The van der Waals surface area contributed by atoms with Gasteiger partial charge in [-0.2, -0.15) is 5.26 Å². The summed E-state index contributed by atoms with van der Waals surface area (Å²) >= 11 is 1.97. The first-order chi connectivity index (χ1) is 15.6. The van der Waals surface area contributed by atoms with Gasteiger partial charge in [-0.3, -0.25) is 4.79 Å². The van der Waals surface area contributed by atoms with E-state index in [2.05, 4.69) is 15.5 Å². The Hall–Kier alpha value is -3.24. The molecule has 3 rings (SSSR count). The third-order valence-electron chi connectivity index (χ3n) is 4.47. The van der Waals surface area contributed by atoms with Gasteiger partial charge in [-0.15, -0.1) is 10.2 Å². The van der Waals surface area contributed by atoms with Crippen LogP contribution in [-0.4, -0.2) is 37.9 Å². The normalized spacial score (nSPS) is 10.9. The Morgan fingerprint density at radius 3 is 2.61 bits per heavy atom. The van der Waals surface area contributed by atoms with Gasteiger partial charge in [0.1, 0.15) is 9.26 Å². The lowest BCUT2D eigenvalue weighted by Crippen LogP contribution is -2.17. The summed E-state index contributed by atoms with van der Waals surface area (Å²) in [5.74, 6) is -0.125. The summed E-state index contributed by atoms with van der Waals surface area (Å²) in [6.45, 7) is 1.72. The fraction of sp³-hybridized carbons (Fsp3) is 0.182. The zero-order chi connectivity index (χ0) is 24.2. The largest absolute Gasteiger partial charge is 0.493 e.